The summed E-state index contributed by atoms with van der Waals surface area (Å²) in [5.41, 5.74) is 0.110. The molecule has 0 aliphatic carbocycles. The van der Waals surface area contributed by atoms with Crippen molar-refractivity contribution in [1.82, 2.24) is 10.3 Å². The molecule has 1 aromatic carbocycles. The summed E-state index contributed by atoms with van der Waals surface area (Å²) in [6.45, 7) is 0.557. The first kappa shape index (κ1) is 15.8. The van der Waals surface area contributed by atoms with Crippen molar-refractivity contribution in [2.75, 3.05) is 19.4 Å². The molecule has 0 radical (unpaired) electrons. The number of amides is 1. The fourth-order valence-corrected chi connectivity index (χ4v) is 3.22. The lowest BCUT2D eigenvalue weighted by molar-refractivity contribution is -0.00163. The topological polar surface area (TPSA) is 71.5 Å². The summed E-state index contributed by atoms with van der Waals surface area (Å²) in [6.07, 6.45) is 3.97. The molecular formula is C17H18N2O3S. The standard InChI is InChI=1S/C17H18N2O3S/c1-23-16-12(5-4-9-18-16)15(20)19-11-17(21)8-10-22-14-7-3-2-6-13(14)17/h2-7,9,21H,8,10-11H2,1H3,(H,19,20)/t17-/m1/s1. The number of carbonyl (C=O) groups excluding carboxylic acids is 1. The number of aliphatic hydroxyl groups is 1. The Kier molecular flexibility index (Phi) is 4.54. The Morgan fingerprint density at radius 2 is 2.22 bits per heavy atom. The first-order valence-electron chi connectivity index (χ1n) is 7.36. The Balaban J connectivity index is 1.77. The molecule has 23 heavy (non-hydrogen) atoms. The first-order valence-corrected chi connectivity index (χ1v) is 8.58. The SMILES string of the molecule is CSc1ncccc1C(=O)NC[C@]1(O)CCOc2ccccc21. The van der Waals surface area contributed by atoms with Crippen LogP contribution in [-0.2, 0) is 5.60 Å². The maximum Gasteiger partial charge on any atom is 0.254 e. The second-order valence-electron chi connectivity index (χ2n) is 5.37. The molecule has 5 nitrogen and oxygen atoms in total. The van der Waals surface area contributed by atoms with Gasteiger partial charge in [-0.3, -0.25) is 4.79 Å². The number of benzene rings is 1. The molecule has 2 aromatic rings. The van der Waals surface area contributed by atoms with Gasteiger partial charge in [-0.05, 0) is 24.5 Å². The molecule has 0 saturated carbocycles. The van der Waals surface area contributed by atoms with Gasteiger partial charge in [-0.1, -0.05) is 18.2 Å². The van der Waals surface area contributed by atoms with E-state index in [0.29, 0.717) is 34.9 Å². The average molecular weight is 330 g/mol. The summed E-state index contributed by atoms with van der Waals surface area (Å²) in [5.74, 6) is 0.432. The van der Waals surface area contributed by atoms with Crippen LogP contribution in [0.15, 0.2) is 47.6 Å². The zero-order valence-corrected chi connectivity index (χ0v) is 13.6. The van der Waals surface area contributed by atoms with E-state index in [9.17, 15) is 9.90 Å². The number of hydrogen-bond acceptors (Lipinski definition) is 5. The van der Waals surface area contributed by atoms with Crippen LogP contribution in [0.2, 0.25) is 0 Å². The van der Waals surface area contributed by atoms with Gasteiger partial charge in [0.1, 0.15) is 16.4 Å². The molecule has 120 valence electrons. The third-order valence-electron chi connectivity index (χ3n) is 3.91. The predicted octanol–water partition coefficient (Wildman–Crippen LogP) is 2.20. The summed E-state index contributed by atoms with van der Waals surface area (Å²) in [7, 11) is 0. The van der Waals surface area contributed by atoms with Gasteiger partial charge in [0.25, 0.3) is 5.91 Å². The van der Waals surface area contributed by atoms with E-state index in [1.165, 1.54) is 11.8 Å². The quantitative estimate of drug-likeness (QED) is 0.841. The lowest BCUT2D eigenvalue weighted by Gasteiger charge is -2.34. The second kappa shape index (κ2) is 6.60. The van der Waals surface area contributed by atoms with Crippen molar-refractivity contribution >= 4 is 17.7 Å². The van der Waals surface area contributed by atoms with Crippen LogP contribution in [0.5, 0.6) is 5.75 Å². The van der Waals surface area contributed by atoms with E-state index >= 15 is 0 Å². The Hall–Kier alpha value is -2.05. The van der Waals surface area contributed by atoms with E-state index in [1.54, 1.807) is 18.3 Å². The number of aromatic nitrogens is 1. The highest BCUT2D eigenvalue weighted by Crippen LogP contribution is 2.36. The molecule has 0 saturated heterocycles. The third kappa shape index (κ3) is 3.18. The molecule has 2 heterocycles. The summed E-state index contributed by atoms with van der Waals surface area (Å²) >= 11 is 1.42. The van der Waals surface area contributed by atoms with E-state index in [0.717, 1.165) is 0 Å². The van der Waals surface area contributed by atoms with Gasteiger partial charge in [-0.2, -0.15) is 0 Å². The van der Waals surface area contributed by atoms with Crippen LogP contribution in [0.25, 0.3) is 0 Å². The van der Waals surface area contributed by atoms with Gasteiger partial charge >= 0.3 is 0 Å². The fraction of sp³-hybridized carbons (Fsp3) is 0.294. The van der Waals surface area contributed by atoms with Crippen LogP contribution < -0.4 is 10.1 Å². The Labute approximate surface area is 139 Å². The number of thioether (sulfide) groups is 1. The monoisotopic (exact) mass is 330 g/mol. The molecule has 0 unspecified atom stereocenters. The summed E-state index contributed by atoms with van der Waals surface area (Å²) in [5, 5.41) is 14.4. The van der Waals surface area contributed by atoms with Crippen molar-refractivity contribution in [3.05, 3.63) is 53.7 Å². The Morgan fingerprint density at radius 3 is 3.04 bits per heavy atom. The Morgan fingerprint density at radius 1 is 1.39 bits per heavy atom. The number of para-hydroxylation sites is 1. The number of nitrogens with one attached hydrogen (secondary N) is 1. The minimum atomic E-state index is -1.12. The van der Waals surface area contributed by atoms with Crippen molar-refractivity contribution < 1.29 is 14.6 Å². The van der Waals surface area contributed by atoms with Crippen LogP contribution in [-0.4, -0.2) is 35.4 Å². The van der Waals surface area contributed by atoms with Crippen LogP contribution >= 0.6 is 11.8 Å². The number of carbonyl (C=O) groups is 1. The lowest BCUT2D eigenvalue weighted by Crippen LogP contribution is -2.44. The van der Waals surface area contributed by atoms with Crippen molar-refractivity contribution in [3.63, 3.8) is 0 Å². The minimum absolute atomic E-state index is 0.134. The molecule has 1 atom stereocenters. The fourth-order valence-electron chi connectivity index (χ4n) is 2.67. The highest BCUT2D eigenvalue weighted by atomic mass is 32.2. The average Bonchev–Trinajstić information content (AvgIpc) is 2.60. The number of pyridine rings is 1. The molecule has 6 heteroatoms. The molecule has 2 N–H and O–H groups in total. The van der Waals surface area contributed by atoms with Gasteiger partial charge in [-0.15, -0.1) is 11.8 Å². The van der Waals surface area contributed by atoms with Crippen LogP contribution in [0, 0.1) is 0 Å². The highest BCUT2D eigenvalue weighted by molar-refractivity contribution is 7.98. The molecular weight excluding hydrogens is 312 g/mol. The molecule has 1 aliphatic rings. The van der Waals surface area contributed by atoms with Gasteiger partial charge in [0.15, 0.2) is 0 Å². The van der Waals surface area contributed by atoms with Crippen molar-refractivity contribution in [1.29, 1.82) is 0 Å². The number of hydrogen-bond donors (Lipinski definition) is 2. The van der Waals surface area contributed by atoms with Crippen molar-refractivity contribution in [3.8, 4) is 5.75 Å². The zero-order chi connectivity index (χ0) is 16.3. The number of nitrogens with zero attached hydrogens (tertiary/aromatic N) is 1. The van der Waals surface area contributed by atoms with E-state index in [4.69, 9.17) is 4.74 Å². The molecule has 0 fully saturated rings. The largest absolute Gasteiger partial charge is 0.493 e. The van der Waals surface area contributed by atoms with Crippen LogP contribution in [0.1, 0.15) is 22.3 Å². The maximum atomic E-state index is 12.4. The van der Waals surface area contributed by atoms with E-state index in [-0.39, 0.29) is 12.5 Å². The van der Waals surface area contributed by atoms with Gasteiger partial charge in [0.05, 0.1) is 18.7 Å². The third-order valence-corrected chi connectivity index (χ3v) is 4.62. The summed E-state index contributed by atoms with van der Waals surface area (Å²) < 4.78 is 5.56. The molecule has 1 amide bonds. The van der Waals surface area contributed by atoms with Crippen molar-refractivity contribution in [2.24, 2.45) is 0 Å². The van der Waals surface area contributed by atoms with E-state index in [1.807, 2.05) is 30.5 Å². The van der Waals surface area contributed by atoms with E-state index < -0.39 is 5.60 Å². The van der Waals surface area contributed by atoms with Crippen LogP contribution in [0.3, 0.4) is 0 Å². The van der Waals surface area contributed by atoms with Gasteiger partial charge < -0.3 is 15.2 Å². The maximum absolute atomic E-state index is 12.4. The van der Waals surface area contributed by atoms with E-state index in [2.05, 4.69) is 10.3 Å². The Bertz CT molecular complexity index is 722. The number of ether oxygens (including phenoxy) is 1. The number of fused-ring (bicyclic) bond motifs is 1. The zero-order valence-electron chi connectivity index (χ0n) is 12.8. The normalized spacial score (nSPS) is 19.6. The first-order chi connectivity index (χ1) is 11.1. The highest BCUT2D eigenvalue weighted by Gasteiger charge is 2.36. The smallest absolute Gasteiger partial charge is 0.254 e. The molecule has 3 rings (SSSR count). The number of rotatable bonds is 4. The summed E-state index contributed by atoms with van der Waals surface area (Å²) in [6, 6.07) is 10.8. The van der Waals surface area contributed by atoms with Gasteiger partial charge in [0.2, 0.25) is 0 Å². The predicted molar refractivity (Wildman–Crippen MR) is 88.8 cm³/mol. The molecule has 1 aliphatic heterocycles. The van der Waals surface area contributed by atoms with Crippen molar-refractivity contribution in [2.45, 2.75) is 17.0 Å². The summed E-state index contributed by atoms with van der Waals surface area (Å²) in [4.78, 5) is 16.6. The van der Waals surface area contributed by atoms with Gasteiger partial charge in [0, 0.05) is 18.2 Å². The minimum Gasteiger partial charge on any atom is -0.493 e. The second-order valence-corrected chi connectivity index (χ2v) is 6.16. The molecule has 1 aromatic heterocycles. The molecule has 0 spiro atoms. The molecule has 0 bridgehead atoms. The van der Waals surface area contributed by atoms with Crippen LogP contribution in [0.4, 0.5) is 0 Å². The lowest BCUT2D eigenvalue weighted by atomic mass is 9.88. The van der Waals surface area contributed by atoms with Gasteiger partial charge in [-0.25, -0.2) is 4.98 Å².